The molecule has 0 fully saturated rings. The highest BCUT2D eigenvalue weighted by Gasteiger charge is 2.30. The van der Waals surface area contributed by atoms with Crippen LogP contribution in [0.2, 0.25) is 0 Å². The van der Waals surface area contributed by atoms with Gasteiger partial charge in [-0.15, -0.1) is 0 Å². The molecular formula is C70H69N3O. The Morgan fingerprint density at radius 1 is 0.365 bits per heavy atom. The molecule has 4 nitrogen and oxygen atoms in total. The summed E-state index contributed by atoms with van der Waals surface area (Å²) in [7, 11) is 0. The number of rotatable bonds is 8. The molecule has 370 valence electrons. The van der Waals surface area contributed by atoms with Crippen molar-refractivity contribution in [2.45, 2.75) is 105 Å². The highest BCUT2D eigenvalue weighted by molar-refractivity contribution is 5.98. The van der Waals surface area contributed by atoms with Gasteiger partial charge in [0.2, 0.25) is 0 Å². The number of benzene rings is 8. The van der Waals surface area contributed by atoms with Crippen molar-refractivity contribution in [2.24, 2.45) is 0 Å². The van der Waals surface area contributed by atoms with E-state index in [0.717, 1.165) is 83.6 Å². The zero-order chi connectivity index (χ0) is 52.3. The van der Waals surface area contributed by atoms with E-state index in [4.69, 9.17) is 9.97 Å². The Balaban J connectivity index is 1.23. The van der Waals surface area contributed by atoms with Crippen LogP contribution in [0.3, 0.4) is 0 Å². The minimum Gasteiger partial charge on any atom is -0.507 e. The summed E-state index contributed by atoms with van der Waals surface area (Å²) in [6.45, 7) is 26.8. The molecule has 0 saturated heterocycles. The summed E-state index contributed by atoms with van der Waals surface area (Å²) in [5.41, 5.74) is 20.3. The summed E-state index contributed by atoms with van der Waals surface area (Å²) in [5.74, 6) is 0.935. The van der Waals surface area contributed by atoms with Gasteiger partial charge >= 0.3 is 0 Å². The van der Waals surface area contributed by atoms with Crippen molar-refractivity contribution >= 4 is 11.0 Å². The van der Waals surface area contributed by atoms with Crippen LogP contribution in [0.15, 0.2) is 194 Å². The number of para-hydroxylation sites is 1. The van der Waals surface area contributed by atoms with Gasteiger partial charge in [0.1, 0.15) is 11.6 Å². The van der Waals surface area contributed by atoms with Crippen molar-refractivity contribution in [3.8, 4) is 89.7 Å². The van der Waals surface area contributed by atoms with Gasteiger partial charge in [-0.05, 0) is 137 Å². The van der Waals surface area contributed by atoms with Gasteiger partial charge in [0.05, 0.1) is 28.0 Å². The normalized spacial score (nSPS) is 12.4. The summed E-state index contributed by atoms with van der Waals surface area (Å²) >= 11 is 0. The van der Waals surface area contributed by atoms with E-state index in [-0.39, 0.29) is 27.4 Å². The molecule has 8 aromatic carbocycles. The molecular weight excluding hydrogens is 899 g/mol. The fraction of sp³-hybridized carbons (Fsp3) is 0.229. The topological polar surface area (TPSA) is 50.9 Å². The van der Waals surface area contributed by atoms with Crippen molar-refractivity contribution in [2.75, 3.05) is 0 Å². The molecule has 0 atom stereocenters. The lowest BCUT2D eigenvalue weighted by Crippen LogP contribution is -2.17. The van der Waals surface area contributed by atoms with E-state index in [1.54, 1.807) is 0 Å². The zero-order valence-corrected chi connectivity index (χ0v) is 45.3. The van der Waals surface area contributed by atoms with Gasteiger partial charge in [0, 0.05) is 28.5 Å². The second-order valence-electron chi connectivity index (χ2n) is 24.2. The van der Waals surface area contributed by atoms with Gasteiger partial charge in [-0.3, -0.25) is 9.55 Å². The average molecular weight is 968 g/mol. The van der Waals surface area contributed by atoms with Crippen LogP contribution in [-0.4, -0.2) is 19.6 Å². The number of aromatic nitrogens is 3. The smallest absolute Gasteiger partial charge is 0.149 e. The lowest BCUT2D eigenvalue weighted by atomic mass is 9.79. The van der Waals surface area contributed by atoms with E-state index in [9.17, 15) is 5.11 Å². The molecule has 2 heterocycles. The Hall–Kier alpha value is -7.82. The predicted octanol–water partition coefficient (Wildman–Crippen LogP) is 19.0. The van der Waals surface area contributed by atoms with Gasteiger partial charge in [0.15, 0.2) is 0 Å². The van der Waals surface area contributed by atoms with Gasteiger partial charge < -0.3 is 5.11 Å². The molecule has 0 aliphatic rings. The van der Waals surface area contributed by atoms with Crippen LogP contribution in [0.5, 0.6) is 5.75 Å². The third-order valence-electron chi connectivity index (χ3n) is 14.6. The summed E-state index contributed by atoms with van der Waals surface area (Å²) in [5, 5.41) is 12.7. The second-order valence-corrected chi connectivity index (χ2v) is 24.2. The minimum atomic E-state index is -0.346. The number of hydrogen-bond donors (Lipinski definition) is 1. The predicted molar refractivity (Wildman–Crippen MR) is 313 cm³/mol. The standard InChI is InChI=1S/C70H69N3O/c1-67(2,3)54-32-30-49(31-33-54)58-42-55(68(4,5)6)34-35-62(58)73-63-25-19-24-57(64(63)72-66(73)59-43-56(69(7,8)9)44-60(65(59)74)70(10,11)12)52-38-51(46-22-17-14-18-23-46)39-53(40-52)61-41-50(36-37-71-61)48-28-26-47(27-29-48)45-20-15-13-16-21-45/h13-44,74H,1-12H3. The molecule has 0 saturated carbocycles. The van der Waals surface area contributed by atoms with E-state index in [1.807, 2.05) is 6.20 Å². The molecule has 10 aromatic rings. The van der Waals surface area contributed by atoms with E-state index < -0.39 is 0 Å². The van der Waals surface area contributed by atoms with Crippen LogP contribution >= 0.6 is 0 Å². The first-order valence-corrected chi connectivity index (χ1v) is 26.1. The number of fused-ring (bicyclic) bond motifs is 1. The van der Waals surface area contributed by atoms with Crippen LogP contribution in [-0.2, 0) is 21.7 Å². The van der Waals surface area contributed by atoms with Gasteiger partial charge in [-0.1, -0.05) is 217 Å². The van der Waals surface area contributed by atoms with E-state index in [1.165, 1.54) is 22.3 Å². The lowest BCUT2D eigenvalue weighted by molar-refractivity contribution is 0.446. The van der Waals surface area contributed by atoms with Gasteiger partial charge in [-0.25, -0.2) is 4.98 Å². The van der Waals surface area contributed by atoms with E-state index in [2.05, 4.69) is 276 Å². The number of phenolic OH excluding ortho intramolecular Hbond substituents is 1. The largest absolute Gasteiger partial charge is 0.507 e. The molecule has 0 unspecified atom stereocenters. The molecule has 0 radical (unpaired) electrons. The first-order valence-electron chi connectivity index (χ1n) is 26.1. The number of nitrogens with zero attached hydrogens (tertiary/aromatic N) is 3. The number of imidazole rings is 1. The summed E-state index contributed by atoms with van der Waals surface area (Å²) in [6.07, 6.45) is 1.92. The molecule has 10 rings (SSSR count). The highest BCUT2D eigenvalue weighted by Crippen LogP contribution is 2.46. The zero-order valence-electron chi connectivity index (χ0n) is 45.3. The van der Waals surface area contributed by atoms with Gasteiger partial charge in [-0.2, -0.15) is 0 Å². The van der Waals surface area contributed by atoms with E-state index in [0.29, 0.717) is 11.4 Å². The van der Waals surface area contributed by atoms with Crippen molar-refractivity contribution in [3.63, 3.8) is 0 Å². The number of hydrogen-bond acceptors (Lipinski definition) is 3. The first-order chi connectivity index (χ1) is 35.1. The average Bonchev–Trinajstić information content (AvgIpc) is 3.77. The molecule has 2 aromatic heterocycles. The Morgan fingerprint density at radius 3 is 1.50 bits per heavy atom. The quantitative estimate of drug-likeness (QED) is 0.165. The second kappa shape index (κ2) is 18.9. The summed E-state index contributed by atoms with van der Waals surface area (Å²) in [6, 6.07) is 67.8. The molecule has 4 heteroatoms. The Kier molecular flexibility index (Phi) is 12.7. The van der Waals surface area contributed by atoms with Crippen LogP contribution in [0.4, 0.5) is 0 Å². The van der Waals surface area contributed by atoms with Crippen molar-refractivity contribution in [1.29, 1.82) is 0 Å². The highest BCUT2D eigenvalue weighted by atomic mass is 16.3. The van der Waals surface area contributed by atoms with Crippen LogP contribution in [0.25, 0.3) is 95.0 Å². The van der Waals surface area contributed by atoms with E-state index >= 15 is 0 Å². The van der Waals surface area contributed by atoms with Crippen molar-refractivity contribution in [3.05, 3.63) is 217 Å². The third-order valence-corrected chi connectivity index (χ3v) is 14.6. The van der Waals surface area contributed by atoms with Crippen molar-refractivity contribution in [1.82, 2.24) is 14.5 Å². The third kappa shape index (κ3) is 9.86. The Morgan fingerprint density at radius 2 is 0.892 bits per heavy atom. The number of aromatic hydroxyl groups is 1. The van der Waals surface area contributed by atoms with Crippen molar-refractivity contribution < 1.29 is 5.11 Å². The van der Waals surface area contributed by atoms with Crippen LogP contribution in [0, 0.1) is 0 Å². The maximum Gasteiger partial charge on any atom is 0.149 e. The lowest BCUT2D eigenvalue weighted by Gasteiger charge is -2.28. The summed E-state index contributed by atoms with van der Waals surface area (Å²) in [4.78, 5) is 10.8. The SMILES string of the molecule is CC(C)(C)c1ccc(-c2cc(C(C)(C)C)ccc2-n2c(-c3cc(C(C)(C)C)cc(C(C)(C)C)c3O)nc3c(-c4cc(-c5ccccc5)cc(-c5cc(-c6ccc(-c7ccccc7)cc6)ccn5)c4)cccc32)cc1. The Bertz CT molecular complexity index is 3670. The first kappa shape index (κ1) is 49.7. The number of pyridine rings is 1. The molecule has 0 aliphatic carbocycles. The van der Waals surface area contributed by atoms with Gasteiger partial charge in [0.25, 0.3) is 0 Å². The maximum atomic E-state index is 12.7. The molecule has 74 heavy (non-hydrogen) atoms. The summed E-state index contributed by atoms with van der Waals surface area (Å²) < 4.78 is 2.31. The monoisotopic (exact) mass is 968 g/mol. The minimum absolute atomic E-state index is 0.00470. The molecule has 0 bridgehead atoms. The van der Waals surface area contributed by atoms with Crippen LogP contribution in [0.1, 0.15) is 105 Å². The molecule has 1 N–H and O–H groups in total. The Labute approximate surface area is 439 Å². The number of phenols is 1. The molecule has 0 amide bonds. The maximum absolute atomic E-state index is 12.7. The fourth-order valence-electron chi connectivity index (χ4n) is 10.1. The fourth-order valence-corrected chi connectivity index (χ4v) is 10.1. The van der Waals surface area contributed by atoms with Crippen LogP contribution < -0.4 is 0 Å². The molecule has 0 aliphatic heterocycles. The molecule has 0 spiro atoms.